The van der Waals surface area contributed by atoms with Gasteiger partial charge in [0.15, 0.2) is 0 Å². The molecule has 4 N–H and O–H groups in total. The largest absolute Gasteiger partial charge is 1.00 e. The van der Waals surface area contributed by atoms with Gasteiger partial charge in [-0.15, -0.1) is 0 Å². The van der Waals surface area contributed by atoms with Gasteiger partial charge in [0, 0.05) is 0 Å². The van der Waals surface area contributed by atoms with Gasteiger partial charge in [-0.25, -0.2) is 0 Å². The summed E-state index contributed by atoms with van der Waals surface area (Å²) < 4.78 is 59.2. The third kappa shape index (κ3) is 27500. The van der Waals surface area contributed by atoms with Gasteiger partial charge >= 0.3 is 33.0 Å². The van der Waals surface area contributed by atoms with Gasteiger partial charge in [-0.05, 0) is 0 Å². The van der Waals surface area contributed by atoms with Crippen LogP contribution in [0.3, 0.4) is 0 Å². The van der Waals surface area contributed by atoms with Crippen molar-refractivity contribution in [3.05, 3.63) is 0 Å². The Kier molecular flexibility index (Phi) is 3.00. The van der Waals surface area contributed by atoms with E-state index < -0.39 is 7.81 Å². The molecule has 0 bridgehead atoms. The fourth-order valence-electron chi connectivity index (χ4n) is 0. The summed E-state index contributed by atoms with van der Waals surface area (Å²) >= 11 is 0. The van der Waals surface area contributed by atoms with Gasteiger partial charge in [-0.2, -0.15) is 0 Å². The zero-order valence-corrected chi connectivity index (χ0v) is 4.99. The van der Waals surface area contributed by atoms with Crippen LogP contribution in [-0.4, -0.2) is 0 Å². The molecule has 1 nitrogen and oxygen atoms in total. The van der Waals surface area contributed by atoms with Crippen molar-refractivity contribution in [2.45, 2.75) is 0 Å². The first kappa shape index (κ1) is 16.0. The Morgan fingerprint density at radius 1 is 0.667 bits per heavy atom. The molecular formula is H4F7NP-. The fraction of sp³-hybridized carbons (Fsp3) is 0. The summed E-state index contributed by atoms with van der Waals surface area (Å²) in [5.41, 5.74) is 0. The van der Waals surface area contributed by atoms with Crippen molar-refractivity contribution in [2.24, 2.45) is 0 Å². The summed E-state index contributed by atoms with van der Waals surface area (Å²) in [5, 5.41) is 0. The molecule has 0 aromatic rings. The SMILES string of the molecule is F[P-](F)(F)(F)(F)F.[F-].[NH4+]. The molecule has 0 unspecified atom stereocenters. The zero-order valence-electron chi connectivity index (χ0n) is 4.09. The minimum atomic E-state index is -10.7. The van der Waals surface area contributed by atoms with Crippen LogP contribution < -0.4 is 10.9 Å². The van der Waals surface area contributed by atoms with Crippen molar-refractivity contribution in [2.75, 3.05) is 0 Å². The van der Waals surface area contributed by atoms with E-state index in [4.69, 9.17) is 0 Å². The van der Waals surface area contributed by atoms with Crippen molar-refractivity contribution in [1.29, 1.82) is 0 Å². The third-order valence-electron chi connectivity index (χ3n) is 0. The van der Waals surface area contributed by atoms with Crippen molar-refractivity contribution in [3.63, 3.8) is 0 Å². The van der Waals surface area contributed by atoms with Gasteiger partial charge < -0.3 is 10.9 Å². The first-order chi connectivity index (χ1) is 2.45. The second kappa shape index (κ2) is 1.69. The molecule has 0 radical (unpaired) electrons. The number of hydrogen-bond acceptors (Lipinski definition) is 0. The molecular weight excluding hydrogens is 178 g/mol. The molecule has 0 aromatic carbocycles. The second-order valence-electron chi connectivity index (χ2n) is 0.958. The van der Waals surface area contributed by atoms with E-state index in [0.717, 1.165) is 0 Å². The molecule has 0 rings (SSSR count). The molecule has 0 saturated carbocycles. The molecule has 0 aliphatic heterocycles. The molecule has 0 aliphatic rings. The van der Waals surface area contributed by atoms with Crippen LogP contribution in [0.25, 0.3) is 0 Å². The fourth-order valence-corrected chi connectivity index (χ4v) is 0. The first-order valence-corrected chi connectivity index (χ1v) is 3.04. The van der Waals surface area contributed by atoms with Crippen LogP contribution in [0.15, 0.2) is 0 Å². The normalized spacial score (nSPS) is 18.0. The number of halogens is 7. The number of rotatable bonds is 0. The van der Waals surface area contributed by atoms with Gasteiger partial charge in [-0.1, -0.05) is 0 Å². The van der Waals surface area contributed by atoms with E-state index in [-0.39, 0.29) is 10.9 Å². The first-order valence-electron chi connectivity index (χ1n) is 1.01. The van der Waals surface area contributed by atoms with Gasteiger partial charge in [0.2, 0.25) is 0 Å². The maximum absolute atomic E-state index is 10.7. The summed E-state index contributed by atoms with van der Waals surface area (Å²) in [6.07, 6.45) is 0. The predicted octanol–water partition coefficient (Wildman–Crippen LogP) is 0.763. The third-order valence-corrected chi connectivity index (χ3v) is 0. The van der Waals surface area contributed by atoms with Gasteiger partial charge in [0.05, 0.1) is 0 Å². The van der Waals surface area contributed by atoms with Crippen LogP contribution in [0.2, 0.25) is 0 Å². The van der Waals surface area contributed by atoms with E-state index in [9.17, 15) is 25.2 Å². The van der Waals surface area contributed by atoms with E-state index in [0.29, 0.717) is 0 Å². The van der Waals surface area contributed by atoms with Gasteiger partial charge in [0.25, 0.3) is 0 Å². The van der Waals surface area contributed by atoms with Crippen LogP contribution in [-0.2, 0) is 0 Å². The molecule has 9 heavy (non-hydrogen) atoms. The summed E-state index contributed by atoms with van der Waals surface area (Å²) in [7, 11) is -10.7. The molecule has 0 atom stereocenters. The quantitative estimate of drug-likeness (QED) is 0.424. The topological polar surface area (TPSA) is 36.5 Å². The van der Waals surface area contributed by atoms with E-state index in [1.807, 2.05) is 0 Å². The monoisotopic (exact) mass is 182 g/mol. The second-order valence-corrected chi connectivity index (χ2v) is 2.87. The Morgan fingerprint density at radius 3 is 0.667 bits per heavy atom. The maximum atomic E-state index is 9.87. The van der Waals surface area contributed by atoms with Crippen LogP contribution in [0.1, 0.15) is 0 Å². The Labute approximate surface area is 45.2 Å². The van der Waals surface area contributed by atoms with Crippen LogP contribution in [0.5, 0.6) is 0 Å². The van der Waals surface area contributed by atoms with E-state index >= 15 is 0 Å². The smallest absolute Gasteiger partial charge is 0.369 e. The van der Waals surface area contributed by atoms with Crippen molar-refractivity contribution in [1.82, 2.24) is 6.15 Å². The Hall–Kier alpha value is -0.100. The van der Waals surface area contributed by atoms with Gasteiger partial charge in [0.1, 0.15) is 0 Å². The predicted molar refractivity (Wildman–Crippen MR) is 19.6 cm³/mol. The van der Waals surface area contributed by atoms with E-state index in [2.05, 4.69) is 0 Å². The van der Waals surface area contributed by atoms with Crippen molar-refractivity contribution >= 4 is 7.81 Å². The van der Waals surface area contributed by atoms with Crippen LogP contribution in [0.4, 0.5) is 25.2 Å². The van der Waals surface area contributed by atoms with E-state index in [1.165, 1.54) is 0 Å². The Balaban J connectivity index is -0.000000180. The standard InChI is InChI=1S/F6P.FH.H3N/c1-7(2,3,4,5)6;;/h;1H;1H3/q-1;;. The summed E-state index contributed by atoms with van der Waals surface area (Å²) in [6.45, 7) is 0. The zero-order chi connectivity index (χ0) is 6.41. The van der Waals surface area contributed by atoms with E-state index in [1.54, 1.807) is 0 Å². The summed E-state index contributed by atoms with van der Waals surface area (Å²) in [4.78, 5) is 0. The maximum Gasteiger partial charge on any atom is -0.369 e. The minimum Gasteiger partial charge on any atom is -1.00 e. The summed E-state index contributed by atoms with van der Waals surface area (Å²) in [6, 6.07) is 0. The van der Waals surface area contributed by atoms with Crippen molar-refractivity contribution < 1.29 is 29.9 Å². The number of hydrogen-bond donors (Lipinski definition) is 1. The minimum absolute atomic E-state index is 0. The molecule has 9 heteroatoms. The molecule has 0 spiro atoms. The molecule has 0 heterocycles. The van der Waals surface area contributed by atoms with Crippen LogP contribution in [0, 0.1) is 0 Å². The Morgan fingerprint density at radius 2 is 0.667 bits per heavy atom. The number of quaternary nitrogens is 1. The average molecular weight is 182 g/mol. The molecule has 0 aliphatic carbocycles. The molecule has 64 valence electrons. The Bertz CT molecular complexity index is 67.5. The molecule has 0 amide bonds. The van der Waals surface area contributed by atoms with Crippen LogP contribution >= 0.6 is 7.81 Å². The average Bonchev–Trinajstić information content (AvgIpc) is 0.592. The summed E-state index contributed by atoms with van der Waals surface area (Å²) in [5.74, 6) is 0. The molecule has 0 aromatic heterocycles. The molecule has 0 saturated heterocycles. The van der Waals surface area contributed by atoms with Gasteiger partial charge in [-0.3, -0.25) is 0 Å². The molecule has 0 fully saturated rings. The van der Waals surface area contributed by atoms with Crippen molar-refractivity contribution in [3.8, 4) is 0 Å².